The van der Waals surface area contributed by atoms with Gasteiger partial charge in [-0.05, 0) is 50.6 Å². The van der Waals surface area contributed by atoms with Gasteiger partial charge in [-0.2, -0.15) is 13.2 Å². The molecule has 0 amide bonds. The topological polar surface area (TPSA) is 80.3 Å². The van der Waals surface area contributed by atoms with Crippen molar-refractivity contribution in [3.05, 3.63) is 54.0 Å². The van der Waals surface area contributed by atoms with Crippen LogP contribution in [0.25, 0.3) is 33.2 Å². The van der Waals surface area contributed by atoms with E-state index in [9.17, 15) is 27.5 Å². The largest absolute Gasteiger partial charge is 0.480 e. The summed E-state index contributed by atoms with van der Waals surface area (Å²) in [6.07, 6.45) is -3.57. The molecule has 0 aliphatic carbocycles. The minimum Gasteiger partial charge on any atom is -0.480 e. The summed E-state index contributed by atoms with van der Waals surface area (Å²) in [5.41, 5.74) is 0.107. The van der Waals surface area contributed by atoms with E-state index in [1.54, 1.807) is 6.07 Å². The maximum absolute atomic E-state index is 14.0. The molecule has 2 aromatic heterocycles. The van der Waals surface area contributed by atoms with Gasteiger partial charge in [0.15, 0.2) is 0 Å². The van der Waals surface area contributed by atoms with Crippen molar-refractivity contribution in [2.24, 2.45) is 7.05 Å². The highest BCUT2D eigenvalue weighted by Crippen LogP contribution is 2.38. The van der Waals surface area contributed by atoms with Crippen LogP contribution in [0.15, 0.2) is 47.0 Å². The predicted molar refractivity (Wildman–Crippen MR) is 124 cm³/mol. The average molecular weight is 491 g/mol. The first kappa shape index (κ1) is 24.7. The quantitative estimate of drug-likeness (QED) is 0.306. The maximum Gasteiger partial charge on any atom is 0.407 e. The van der Waals surface area contributed by atoms with Crippen molar-refractivity contribution in [1.29, 1.82) is 0 Å². The Balaban J connectivity index is 1.74. The van der Waals surface area contributed by atoms with Gasteiger partial charge >= 0.3 is 12.1 Å². The molecule has 4 aromatic rings. The van der Waals surface area contributed by atoms with E-state index in [0.29, 0.717) is 16.4 Å². The number of benzene rings is 2. The molecule has 0 radical (unpaired) electrons. The Morgan fingerprint density at radius 3 is 2.40 bits per heavy atom. The summed E-state index contributed by atoms with van der Waals surface area (Å²) in [6.45, 7) is 4.12. The Morgan fingerprint density at radius 2 is 1.83 bits per heavy atom. The number of aliphatic carboxylic acids is 1. The highest BCUT2D eigenvalue weighted by atomic mass is 19.4. The van der Waals surface area contributed by atoms with Crippen LogP contribution in [0.2, 0.25) is 0 Å². The van der Waals surface area contributed by atoms with Gasteiger partial charge in [0.05, 0.1) is 5.69 Å². The van der Waals surface area contributed by atoms with E-state index >= 15 is 0 Å². The van der Waals surface area contributed by atoms with Crippen molar-refractivity contribution in [1.82, 2.24) is 14.9 Å². The average Bonchev–Trinajstić information content (AvgIpc) is 3.27. The first-order chi connectivity index (χ1) is 16.2. The van der Waals surface area contributed by atoms with Crippen LogP contribution in [-0.2, 0) is 11.8 Å². The Bertz CT molecular complexity index is 1380. The number of furan rings is 1. The van der Waals surface area contributed by atoms with Crippen LogP contribution < -0.4 is 5.32 Å². The van der Waals surface area contributed by atoms with Crippen molar-refractivity contribution >= 4 is 27.9 Å². The van der Waals surface area contributed by atoms with Crippen LogP contribution in [0.4, 0.5) is 17.6 Å². The second-order valence-corrected chi connectivity index (χ2v) is 9.31. The fraction of sp³-hybridized carbons (Fsp3) is 0.360. The van der Waals surface area contributed by atoms with Gasteiger partial charge < -0.3 is 14.1 Å². The third-order valence-corrected chi connectivity index (χ3v) is 5.92. The van der Waals surface area contributed by atoms with E-state index in [-0.39, 0.29) is 11.1 Å². The third kappa shape index (κ3) is 5.17. The number of fused-ring (bicyclic) bond motifs is 3. The molecule has 0 aliphatic rings. The number of aryl methyl sites for hydroxylation is 2. The molecule has 0 aliphatic heterocycles. The molecule has 0 fully saturated rings. The van der Waals surface area contributed by atoms with Crippen molar-refractivity contribution < 1.29 is 31.9 Å². The number of nitrogens with one attached hydrogen (secondary N) is 1. The van der Waals surface area contributed by atoms with Crippen LogP contribution in [0.1, 0.15) is 37.7 Å². The number of carbonyl (C=O) groups is 1. The number of rotatable bonds is 7. The van der Waals surface area contributed by atoms with Gasteiger partial charge in [-0.1, -0.05) is 12.1 Å². The summed E-state index contributed by atoms with van der Waals surface area (Å²) in [5.74, 6) is -0.727. The second-order valence-electron chi connectivity index (χ2n) is 9.31. The standard InChI is InChI=1S/C25H25F4N3O3/c1-13-30-19(12-32(13)4)14-6-8-20-17(9-14)16-7-5-15(10-21(16)35-20)22(25(27,28)29)31-18(23(33)34)11-24(2,3)26/h5-10,12,18,22,31H,11H2,1-4H3,(H,33,34)/t18-,22-/m0/s1. The van der Waals surface area contributed by atoms with Crippen LogP contribution in [0, 0.1) is 6.92 Å². The van der Waals surface area contributed by atoms with E-state index in [0.717, 1.165) is 30.9 Å². The molecule has 0 spiro atoms. The molecule has 186 valence electrons. The SMILES string of the molecule is Cc1nc(-c2ccc3oc4cc([C@H](N[C@@H](CC(C)(C)F)C(=O)O)C(F)(F)F)ccc4c3c2)cn1C. The molecule has 2 N–H and O–H groups in total. The summed E-state index contributed by atoms with van der Waals surface area (Å²) < 4.78 is 63.6. The molecule has 0 bridgehead atoms. The van der Waals surface area contributed by atoms with Gasteiger partial charge in [0, 0.05) is 36.0 Å². The molecule has 6 nitrogen and oxygen atoms in total. The second kappa shape index (κ2) is 8.67. The lowest BCUT2D eigenvalue weighted by Gasteiger charge is -2.28. The van der Waals surface area contributed by atoms with Crippen LogP contribution in [-0.4, -0.2) is 38.5 Å². The van der Waals surface area contributed by atoms with Crippen LogP contribution >= 0.6 is 0 Å². The van der Waals surface area contributed by atoms with Gasteiger partial charge in [0.25, 0.3) is 0 Å². The lowest BCUT2D eigenvalue weighted by Crippen LogP contribution is -2.47. The maximum atomic E-state index is 14.0. The molecular weight excluding hydrogens is 466 g/mol. The highest BCUT2D eigenvalue weighted by molar-refractivity contribution is 6.06. The number of carboxylic acids is 1. The molecule has 2 heterocycles. The molecule has 2 aromatic carbocycles. The zero-order valence-corrected chi connectivity index (χ0v) is 19.6. The predicted octanol–water partition coefficient (Wildman–Crippen LogP) is 6.08. The Labute approximate surface area is 198 Å². The van der Waals surface area contributed by atoms with Crippen LogP contribution in [0.3, 0.4) is 0 Å². The number of nitrogens with zero attached hydrogens (tertiary/aromatic N) is 2. The normalized spacial score (nSPS) is 14.5. The highest BCUT2D eigenvalue weighted by Gasteiger charge is 2.44. The fourth-order valence-corrected chi connectivity index (χ4v) is 4.11. The number of halogens is 4. The van der Waals surface area contributed by atoms with Gasteiger partial charge in [-0.15, -0.1) is 0 Å². The molecule has 35 heavy (non-hydrogen) atoms. The van der Waals surface area contributed by atoms with E-state index in [1.165, 1.54) is 18.2 Å². The number of hydrogen-bond acceptors (Lipinski definition) is 4. The van der Waals surface area contributed by atoms with Gasteiger partial charge in [0.2, 0.25) is 0 Å². The molecular formula is C25H25F4N3O3. The van der Waals surface area contributed by atoms with E-state index in [2.05, 4.69) is 10.3 Å². The van der Waals surface area contributed by atoms with Crippen molar-refractivity contribution in [2.45, 2.75) is 51.1 Å². The van der Waals surface area contributed by atoms with Gasteiger partial charge in [-0.25, -0.2) is 9.37 Å². The zero-order chi connectivity index (χ0) is 25.7. The minimum atomic E-state index is -4.82. The molecule has 10 heteroatoms. The summed E-state index contributed by atoms with van der Waals surface area (Å²) in [4.78, 5) is 16.1. The van der Waals surface area contributed by atoms with Gasteiger partial charge in [-0.3, -0.25) is 10.1 Å². The Morgan fingerprint density at radius 1 is 1.11 bits per heavy atom. The Hall–Kier alpha value is -3.40. The summed E-state index contributed by atoms with van der Waals surface area (Å²) in [5, 5.41) is 12.8. The minimum absolute atomic E-state index is 0.223. The van der Waals surface area contributed by atoms with Crippen molar-refractivity contribution in [3.8, 4) is 11.3 Å². The monoisotopic (exact) mass is 491 g/mol. The lowest BCUT2D eigenvalue weighted by atomic mass is 9.97. The number of hydrogen-bond donors (Lipinski definition) is 2. The molecule has 4 rings (SSSR count). The summed E-state index contributed by atoms with van der Waals surface area (Å²) in [6, 6.07) is 5.39. The molecule has 2 atom stereocenters. The fourth-order valence-electron chi connectivity index (χ4n) is 4.11. The molecule has 0 saturated heterocycles. The Kier molecular flexibility index (Phi) is 6.12. The van der Waals surface area contributed by atoms with Gasteiger partial charge in [0.1, 0.15) is 34.7 Å². The number of imidazole rings is 1. The first-order valence-corrected chi connectivity index (χ1v) is 10.9. The number of alkyl halides is 4. The smallest absolute Gasteiger partial charge is 0.407 e. The van der Waals surface area contributed by atoms with E-state index in [4.69, 9.17) is 4.42 Å². The summed E-state index contributed by atoms with van der Waals surface area (Å²) in [7, 11) is 1.88. The van der Waals surface area contributed by atoms with Crippen LogP contribution in [0.5, 0.6) is 0 Å². The lowest BCUT2D eigenvalue weighted by molar-refractivity contribution is -0.164. The number of aromatic nitrogens is 2. The first-order valence-electron chi connectivity index (χ1n) is 10.9. The zero-order valence-electron chi connectivity index (χ0n) is 19.6. The van der Waals surface area contributed by atoms with E-state index in [1.807, 2.05) is 36.9 Å². The van der Waals surface area contributed by atoms with E-state index < -0.39 is 36.3 Å². The van der Waals surface area contributed by atoms with Crippen molar-refractivity contribution in [2.75, 3.05) is 0 Å². The van der Waals surface area contributed by atoms with Crippen molar-refractivity contribution in [3.63, 3.8) is 0 Å². The molecule has 0 saturated carbocycles. The summed E-state index contributed by atoms with van der Waals surface area (Å²) >= 11 is 0. The molecule has 0 unspecified atom stereocenters. The number of carboxylic acid groups (broad SMARTS) is 1. The third-order valence-electron chi connectivity index (χ3n) is 5.92.